The first-order valence-electron chi connectivity index (χ1n) is 8.61. The maximum atomic E-state index is 12.0. The number of aryl methyl sites for hydroxylation is 1. The van der Waals surface area contributed by atoms with Crippen molar-refractivity contribution in [1.82, 2.24) is 25.7 Å². The summed E-state index contributed by atoms with van der Waals surface area (Å²) in [5, 5.41) is 4.99. The number of anilines is 1. The molecule has 0 aliphatic carbocycles. The number of nitrogens with zero attached hydrogens (tertiary/aromatic N) is 2. The van der Waals surface area contributed by atoms with Crippen LogP contribution >= 0.6 is 0 Å². The Bertz CT molecular complexity index is 999. The molecule has 28 heavy (non-hydrogen) atoms. The quantitative estimate of drug-likeness (QED) is 0.496. The highest BCUT2D eigenvalue weighted by Crippen LogP contribution is 2.14. The van der Waals surface area contributed by atoms with Gasteiger partial charge in [0.1, 0.15) is 12.4 Å². The molecule has 0 atom stereocenters. The van der Waals surface area contributed by atoms with Crippen LogP contribution in [0.25, 0.3) is 11.0 Å². The third-order valence-electron chi connectivity index (χ3n) is 3.98. The minimum absolute atomic E-state index is 0.00732. The number of carbonyl (C=O) groups excluding carboxylic acids is 3. The number of hydrazine groups is 1. The van der Waals surface area contributed by atoms with Gasteiger partial charge in [0, 0.05) is 12.7 Å². The number of urea groups is 1. The van der Waals surface area contributed by atoms with E-state index in [1.54, 1.807) is 24.3 Å². The maximum absolute atomic E-state index is 12.0. The second kappa shape index (κ2) is 8.67. The molecule has 2 aromatic carbocycles. The highest BCUT2D eigenvalue weighted by molar-refractivity contribution is 5.92. The molecule has 144 valence electrons. The van der Waals surface area contributed by atoms with Gasteiger partial charge in [0.25, 0.3) is 5.91 Å². The monoisotopic (exact) mass is 380 g/mol. The third-order valence-corrected chi connectivity index (χ3v) is 3.98. The Morgan fingerprint density at radius 3 is 2.36 bits per heavy atom. The molecule has 0 fully saturated rings. The normalized spacial score (nSPS) is 10.3. The first kappa shape index (κ1) is 18.9. The van der Waals surface area contributed by atoms with Crippen molar-refractivity contribution in [1.29, 1.82) is 0 Å². The van der Waals surface area contributed by atoms with E-state index in [9.17, 15) is 14.4 Å². The van der Waals surface area contributed by atoms with E-state index in [1.807, 2.05) is 41.9 Å². The molecule has 0 unspecified atom stereocenters. The van der Waals surface area contributed by atoms with Gasteiger partial charge in [-0.1, -0.05) is 30.3 Å². The molecule has 4 amide bonds. The van der Waals surface area contributed by atoms with Crippen LogP contribution in [0.3, 0.4) is 0 Å². The number of amides is 4. The second-order valence-corrected chi connectivity index (χ2v) is 6.02. The zero-order chi connectivity index (χ0) is 19.9. The Balaban J connectivity index is 1.42. The summed E-state index contributed by atoms with van der Waals surface area (Å²) in [5.41, 5.74) is 6.89. The van der Waals surface area contributed by atoms with E-state index < -0.39 is 17.8 Å². The molecule has 4 N–H and O–H groups in total. The molecule has 3 aromatic rings. The fourth-order valence-corrected chi connectivity index (χ4v) is 2.58. The number of para-hydroxylation sites is 3. The Kier molecular flexibility index (Phi) is 5.85. The lowest BCUT2D eigenvalue weighted by atomic mass is 10.3. The molecule has 3 rings (SSSR count). The lowest BCUT2D eigenvalue weighted by molar-refractivity contribution is -0.128. The summed E-state index contributed by atoms with van der Waals surface area (Å²) in [5.74, 6) is -0.393. The maximum Gasteiger partial charge on any atom is 0.319 e. The third kappa shape index (κ3) is 4.85. The molecule has 1 aromatic heterocycles. The highest BCUT2D eigenvalue weighted by Gasteiger charge is 2.12. The van der Waals surface area contributed by atoms with Crippen molar-refractivity contribution in [3.63, 3.8) is 0 Å². The van der Waals surface area contributed by atoms with Crippen LogP contribution in [0.4, 0.5) is 10.5 Å². The Morgan fingerprint density at radius 1 is 0.929 bits per heavy atom. The summed E-state index contributed by atoms with van der Waals surface area (Å²) in [4.78, 5) is 39.9. The molecule has 0 saturated carbocycles. The molecule has 0 saturated heterocycles. The van der Waals surface area contributed by atoms with E-state index in [0.29, 0.717) is 11.5 Å². The number of aromatic nitrogens is 2. The number of hydrogen-bond acceptors (Lipinski definition) is 4. The smallest absolute Gasteiger partial charge is 0.319 e. The summed E-state index contributed by atoms with van der Waals surface area (Å²) < 4.78 is 1.83. The summed E-state index contributed by atoms with van der Waals surface area (Å²) in [6.45, 7) is -0.286. The van der Waals surface area contributed by atoms with Crippen LogP contribution in [-0.4, -0.2) is 33.9 Å². The van der Waals surface area contributed by atoms with Crippen LogP contribution in [0, 0.1) is 0 Å². The zero-order valence-corrected chi connectivity index (χ0v) is 15.2. The van der Waals surface area contributed by atoms with Gasteiger partial charge in [0.05, 0.1) is 17.5 Å². The average molecular weight is 380 g/mol. The summed E-state index contributed by atoms with van der Waals surface area (Å²) in [6, 6.07) is 15.9. The van der Waals surface area contributed by atoms with E-state index in [-0.39, 0.29) is 13.0 Å². The van der Waals surface area contributed by atoms with Gasteiger partial charge in [0.15, 0.2) is 0 Å². The molecular formula is C19H20N6O3. The molecule has 1 heterocycles. The van der Waals surface area contributed by atoms with Crippen molar-refractivity contribution in [2.75, 3.05) is 11.9 Å². The zero-order valence-electron chi connectivity index (χ0n) is 15.2. The lowest BCUT2D eigenvalue weighted by Crippen LogP contribution is -2.47. The molecular weight excluding hydrogens is 360 g/mol. The predicted octanol–water partition coefficient (Wildman–Crippen LogP) is 1.08. The fraction of sp³-hybridized carbons (Fsp3) is 0.158. The van der Waals surface area contributed by atoms with E-state index in [0.717, 1.165) is 11.0 Å². The molecule has 0 spiro atoms. The molecule has 0 bridgehead atoms. The first-order valence-corrected chi connectivity index (χ1v) is 8.61. The minimum Gasteiger partial charge on any atom is -0.331 e. The predicted molar refractivity (Wildman–Crippen MR) is 104 cm³/mol. The lowest BCUT2D eigenvalue weighted by Gasteiger charge is -2.09. The topological polar surface area (TPSA) is 117 Å². The van der Waals surface area contributed by atoms with E-state index >= 15 is 0 Å². The highest BCUT2D eigenvalue weighted by atomic mass is 16.2. The minimum atomic E-state index is -0.554. The van der Waals surface area contributed by atoms with Gasteiger partial charge in [0.2, 0.25) is 5.91 Å². The van der Waals surface area contributed by atoms with E-state index in [4.69, 9.17) is 0 Å². The SMILES string of the molecule is Cn1c(CC(=O)NNC(=O)CNC(=O)Nc2ccccc2)nc2ccccc21. The van der Waals surface area contributed by atoms with E-state index in [2.05, 4.69) is 26.5 Å². The molecule has 0 aliphatic rings. The van der Waals surface area contributed by atoms with Crippen LogP contribution < -0.4 is 21.5 Å². The Hall–Kier alpha value is -3.88. The van der Waals surface area contributed by atoms with Gasteiger partial charge in [-0.25, -0.2) is 9.78 Å². The Morgan fingerprint density at radius 2 is 1.61 bits per heavy atom. The van der Waals surface area contributed by atoms with Gasteiger partial charge in [-0.3, -0.25) is 20.4 Å². The van der Waals surface area contributed by atoms with Crippen LogP contribution in [0.1, 0.15) is 5.82 Å². The number of fused-ring (bicyclic) bond motifs is 1. The first-order chi connectivity index (χ1) is 13.5. The number of imidazole rings is 1. The van der Waals surface area contributed by atoms with Gasteiger partial charge in [-0.2, -0.15) is 0 Å². The number of carbonyl (C=O) groups is 3. The van der Waals surface area contributed by atoms with Crippen molar-refractivity contribution in [2.24, 2.45) is 7.05 Å². The number of rotatable bonds is 5. The molecule has 9 heteroatoms. The number of nitrogens with one attached hydrogen (secondary N) is 4. The van der Waals surface area contributed by atoms with Crippen LogP contribution in [0.2, 0.25) is 0 Å². The van der Waals surface area contributed by atoms with Crippen molar-refractivity contribution in [3.05, 3.63) is 60.4 Å². The molecule has 0 aliphatic heterocycles. The van der Waals surface area contributed by atoms with Gasteiger partial charge in [-0.05, 0) is 24.3 Å². The second-order valence-electron chi connectivity index (χ2n) is 6.02. The summed E-state index contributed by atoms with van der Waals surface area (Å²) in [6.07, 6.45) is 0.00732. The molecule has 0 radical (unpaired) electrons. The van der Waals surface area contributed by atoms with E-state index in [1.165, 1.54) is 0 Å². The van der Waals surface area contributed by atoms with Crippen molar-refractivity contribution < 1.29 is 14.4 Å². The number of hydrogen-bond donors (Lipinski definition) is 4. The molecule has 9 nitrogen and oxygen atoms in total. The number of benzene rings is 2. The Labute approximate surface area is 161 Å². The largest absolute Gasteiger partial charge is 0.331 e. The van der Waals surface area contributed by atoms with Crippen molar-refractivity contribution in [3.8, 4) is 0 Å². The standard InChI is InChI=1S/C19H20N6O3/c1-25-15-10-6-5-9-14(15)22-16(25)11-17(26)23-24-18(27)12-20-19(28)21-13-7-3-2-4-8-13/h2-10H,11-12H2,1H3,(H,23,26)(H,24,27)(H2,20,21,28). The van der Waals surface area contributed by atoms with Crippen molar-refractivity contribution in [2.45, 2.75) is 6.42 Å². The average Bonchev–Trinajstić information content (AvgIpc) is 3.01. The summed E-state index contributed by atoms with van der Waals surface area (Å²) in [7, 11) is 1.83. The van der Waals surface area contributed by atoms with Crippen molar-refractivity contribution >= 4 is 34.6 Å². The van der Waals surface area contributed by atoms with Crippen LogP contribution in [-0.2, 0) is 23.1 Å². The van der Waals surface area contributed by atoms with Gasteiger partial charge in [-0.15, -0.1) is 0 Å². The van der Waals surface area contributed by atoms with Gasteiger partial charge < -0.3 is 15.2 Å². The fourth-order valence-electron chi connectivity index (χ4n) is 2.58. The van der Waals surface area contributed by atoms with Gasteiger partial charge >= 0.3 is 6.03 Å². The summed E-state index contributed by atoms with van der Waals surface area (Å²) >= 11 is 0. The van der Waals surface area contributed by atoms with Crippen LogP contribution in [0.15, 0.2) is 54.6 Å². The van der Waals surface area contributed by atoms with Crippen LogP contribution in [0.5, 0.6) is 0 Å².